The van der Waals surface area contributed by atoms with E-state index in [-0.39, 0.29) is 12.1 Å². The number of carbonyl (C=O) groups excluding carboxylic acids is 1. The summed E-state index contributed by atoms with van der Waals surface area (Å²) in [5, 5.41) is 10.6. The summed E-state index contributed by atoms with van der Waals surface area (Å²) in [6, 6.07) is 23.5. The second-order valence-electron chi connectivity index (χ2n) is 7.68. The average molecular weight is 450 g/mol. The Kier molecular flexibility index (Phi) is 4.86. The molecule has 2 heterocycles. The first kappa shape index (κ1) is 19.9. The molecule has 3 aromatic carbocycles. The van der Waals surface area contributed by atoms with Crippen LogP contribution in [0.5, 0.6) is 0 Å². The number of urea groups is 1. The standard InChI is InChI=1S/C24H17Cl2N3O2/c25-18-4-8-20(9-5-18)28-22(17-3-1-2-16(12-17)13-27)24(14-31-15-24)29(23(28)30)21-10-6-19(26)7-11-21/h1-12,22H,14-15H2. The Hall–Kier alpha value is -3.04. The van der Waals surface area contributed by atoms with Crippen LogP contribution in [0.15, 0.2) is 72.8 Å². The van der Waals surface area contributed by atoms with Crippen LogP contribution >= 0.6 is 23.2 Å². The zero-order valence-corrected chi connectivity index (χ0v) is 17.8. The van der Waals surface area contributed by atoms with Gasteiger partial charge in [0.2, 0.25) is 0 Å². The minimum absolute atomic E-state index is 0.166. The maximum atomic E-state index is 13.9. The van der Waals surface area contributed by atoms with Crippen LogP contribution in [-0.2, 0) is 4.74 Å². The van der Waals surface area contributed by atoms with Crippen LogP contribution in [0.25, 0.3) is 0 Å². The van der Waals surface area contributed by atoms with E-state index < -0.39 is 5.54 Å². The van der Waals surface area contributed by atoms with Gasteiger partial charge in [-0.3, -0.25) is 9.80 Å². The Labute approximate surface area is 190 Å². The lowest BCUT2D eigenvalue weighted by atomic mass is 9.82. The third kappa shape index (κ3) is 3.16. The van der Waals surface area contributed by atoms with Gasteiger partial charge in [-0.2, -0.15) is 5.26 Å². The largest absolute Gasteiger partial charge is 0.376 e. The van der Waals surface area contributed by atoms with Gasteiger partial charge in [0.1, 0.15) is 5.54 Å². The Morgan fingerprint density at radius 1 is 0.935 bits per heavy atom. The third-order valence-electron chi connectivity index (χ3n) is 5.83. The van der Waals surface area contributed by atoms with Gasteiger partial charge in [0.25, 0.3) is 0 Å². The van der Waals surface area contributed by atoms with Gasteiger partial charge in [0.05, 0.1) is 30.9 Å². The fraction of sp³-hybridized carbons (Fsp3) is 0.167. The second-order valence-corrected chi connectivity index (χ2v) is 8.55. The number of anilines is 2. The Morgan fingerprint density at radius 2 is 1.55 bits per heavy atom. The van der Waals surface area contributed by atoms with E-state index >= 15 is 0 Å². The molecule has 0 aliphatic carbocycles. The molecule has 7 heteroatoms. The smallest absolute Gasteiger partial charge is 0.330 e. The topological polar surface area (TPSA) is 56.6 Å². The van der Waals surface area contributed by atoms with Crippen molar-refractivity contribution >= 4 is 40.6 Å². The number of nitrogens with zero attached hydrogens (tertiary/aromatic N) is 3. The third-order valence-corrected chi connectivity index (χ3v) is 6.34. The molecule has 0 aromatic heterocycles. The van der Waals surface area contributed by atoms with Gasteiger partial charge in [-0.25, -0.2) is 4.79 Å². The molecule has 1 unspecified atom stereocenters. The number of hydrogen-bond acceptors (Lipinski definition) is 3. The zero-order chi connectivity index (χ0) is 21.6. The van der Waals surface area contributed by atoms with E-state index in [0.717, 1.165) is 16.9 Å². The molecule has 1 spiro atoms. The molecule has 2 fully saturated rings. The van der Waals surface area contributed by atoms with Crippen molar-refractivity contribution in [2.75, 3.05) is 23.0 Å². The summed E-state index contributed by atoms with van der Waals surface area (Å²) in [7, 11) is 0. The molecule has 2 aliphatic heterocycles. The lowest BCUT2D eigenvalue weighted by Gasteiger charge is -2.47. The van der Waals surface area contributed by atoms with Crippen molar-refractivity contribution < 1.29 is 9.53 Å². The van der Waals surface area contributed by atoms with Crippen LogP contribution < -0.4 is 9.80 Å². The first-order valence-corrected chi connectivity index (χ1v) is 10.5. The van der Waals surface area contributed by atoms with Crippen molar-refractivity contribution in [2.45, 2.75) is 11.6 Å². The van der Waals surface area contributed by atoms with Gasteiger partial charge in [-0.05, 0) is 66.2 Å². The lowest BCUT2D eigenvalue weighted by molar-refractivity contribution is -0.0580. The van der Waals surface area contributed by atoms with Crippen molar-refractivity contribution in [2.24, 2.45) is 0 Å². The number of hydrogen-bond donors (Lipinski definition) is 0. The van der Waals surface area contributed by atoms with Crippen molar-refractivity contribution in [1.29, 1.82) is 5.26 Å². The Balaban J connectivity index is 1.71. The molecule has 1 atom stereocenters. The molecule has 0 bridgehead atoms. The number of benzene rings is 3. The van der Waals surface area contributed by atoms with Crippen molar-refractivity contribution in [3.05, 3.63) is 94.0 Å². The average Bonchev–Trinajstić information content (AvgIpc) is 3.04. The minimum atomic E-state index is -0.612. The maximum Gasteiger partial charge on any atom is 0.330 e. The molecular weight excluding hydrogens is 433 g/mol. The fourth-order valence-corrected chi connectivity index (χ4v) is 4.68. The summed E-state index contributed by atoms with van der Waals surface area (Å²) in [6.07, 6.45) is 0. The predicted octanol–water partition coefficient (Wildman–Crippen LogP) is 5.82. The van der Waals surface area contributed by atoms with E-state index in [2.05, 4.69) is 6.07 Å². The zero-order valence-electron chi connectivity index (χ0n) is 16.3. The number of nitriles is 1. The van der Waals surface area contributed by atoms with Crippen LogP contribution in [0.4, 0.5) is 16.2 Å². The molecule has 0 saturated carbocycles. The van der Waals surface area contributed by atoms with E-state index in [0.29, 0.717) is 28.8 Å². The summed E-state index contributed by atoms with van der Waals surface area (Å²) < 4.78 is 5.66. The molecule has 3 aromatic rings. The molecule has 0 radical (unpaired) electrons. The first-order valence-electron chi connectivity index (χ1n) is 9.76. The van der Waals surface area contributed by atoms with Crippen molar-refractivity contribution in [3.8, 4) is 6.07 Å². The lowest BCUT2D eigenvalue weighted by Crippen LogP contribution is -2.62. The molecule has 0 N–H and O–H groups in total. The van der Waals surface area contributed by atoms with Gasteiger partial charge < -0.3 is 4.74 Å². The van der Waals surface area contributed by atoms with Crippen LogP contribution in [0, 0.1) is 11.3 Å². The molecule has 2 amide bonds. The SMILES string of the molecule is N#Cc1cccc(C2N(c3ccc(Cl)cc3)C(=O)N(c3ccc(Cl)cc3)C23COC3)c1. The van der Waals surface area contributed by atoms with Crippen molar-refractivity contribution in [1.82, 2.24) is 0 Å². The van der Waals surface area contributed by atoms with Crippen LogP contribution in [0.2, 0.25) is 10.0 Å². The van der Waals surface area contributed by atoms with Gasteiger partial charge in [-0.15, -0.1) is 0 Å². The van der Waals surface area contributed by atoms with E-state index in [4.69, 9.17) is 27.9 Å². The highest BCUT2D eigenvalue weighted by Crippen LogP contribution is 2.51. The van der Waals surface area contributed by atoms with Crippen LogP contribution in [0.1, 0.15) is 17.2 Å². The minimum Gasteiger partial charge on any atom is -0.376 e. The molecule has 154 valence electrons. The highest BCUT2D eigenvalue weighted by atomic mass is 35.5. The molecule has 31 heavy (non-hydrogen) atoms. The first-order chi connectivity index (χ1) is 15.0. The highest BCUT2D eigenvalue weighted by molar-refractivity contribution is 6.31. The highest BCUT2D eigenvalue weighted by Gasteiger charge is 2.63. The van der Waals surface area contributed by atoms with Gasteiger partial charge >= 0.3 is 6.03 Å². The van der Waals surface area contributed by atoms with E-state index in [1.165, 1.54) is 0 Å². The summed E-state index contributed by atoms with van der Waals surface area (Å²) in [5.74, 6) is 0. The fourth-order valence-electron chi connectivity index (χ4n) is 4.43. The molecular formula is C24H17Cl2N3O2. The number of carbonyl (C=O) groups is 1. The van der Waals surface area contributed by atoms with E-state index in [1.807, 2.05) is 42.5 Å². The molecule has 2 aliphatic rings. The number of ether oxygens (including phenoxy) is 1. The van der Waals surface area contributed by atoms with Crippen LogP contribution in [0.3, 0.4) is 0 Å². The number of rotatable bonds is 3. The number of halogens is 2. The second kappa shape index (κ2) is 7.58. The summed E-state index contributed by atoms with van der Waals surface area (Å²) >= 11 is 12.2. The quantitative estimate of drug-likeness (QED) is 0.505. The summed E-state index contributed by atoms with van der Waals surface area (Å²) in [4.78, 5) is 17.5. The molecule has 5 rings (SSSR count). The van der Waals surface area contributed by atoms with Crippen molar-refractivity contribution in [3.63, 3.8) is 0 Å². The summed E-state index contributed by atoms with van der Waals surface area (Å²) in [6.45, 7) is 0.764. The van der Waals surface area contributed by atoms with Crippen LogP contribution in [-0.4, -0.2) is 24.8 Å². The monoisotopic (exact) mass is 449 g/mol. The van der Waals surface area contributed by atoms with Gasteiger partial charge in [0, 0.05) is 21.4 Å². The predicted molar refractivity (Wildman–Crippen MR) is 121 cm³/mol. The molecule has 2 saturated heterocycles. The summed E-state index contributed by atoms with van der Waals surface area (Å²) in [5.41, 5.74) is 2.28. The number of amides is 2. The van der Waals surface area contributed by atoms with Gasteiger partial charge in [0.15, 0.2) is 0 Å². The maximum absolute atomic E-state index is 13.9. The van der Waals surface area contributed by atoms with E-state index in [9.17, 15) is 10.1 Å². The normalized spacial score (nSPS) is 19.4. The Morgan fingerprint density at radius 3 is 2.10 bits per heavy atom. The Bertz CT molecular complexity index is 1180. The van der Waals surface area contributed by atoms with Gasteiger partial charge in [-0.1, -0.05) is 35.3 Å². The molecule has 5 nitrogen and oxygen atoms in total. The van der Waals surface area contributed by atoms with E-state index in [1.54, 1.807) is 40.1 Å².